The van der Waals surface area contributed by atoms with E-state index in [1.165, 1.54) is 5.56 Å². The predicted octanol–water partition coefficient (Wildman–Crippen LogP) is 2.01. The lowest BCUT2D eigenvalue weighted by Crippen LogP contribution is -2.53. The lowest BCUT2D eigenvalue weighted by molar-refractivity contribution is -0.139. The van der Waals surface area contributed by atoms with E-state index in [4.69, 9.17) is 0 Å². The second kappa shape index (κ2) is 5.27. The number of aryl methyl sites for hydroxylation is 1. The standard InChI is InChI=1S/C16H22N2O2/c1-11-6-5-7-13(8-11)10-18-12(2)9-14(19)17-16(3,4)15(18)20/h5-8,12H,9-10H2,1-4H3,(H,17,19). The van der Waals surface area contributed by atoms with Crippen LogP contribution in [0.4, 0.5) is 0 Å². The lowest BCUT2D eigenvalue weighted by atomic mass is 10.0. The normalized spacial score (nSPS) is 22.4. The van der Waals surface area contributed by atoms with Gasteiger partial charge in [0.2, 0.25) is 11.8 Å². The van der Waals surface area contributed by atoms with Gasteiger partial charge in [-0.15, -0.1) is 0 Å². The van der Waals surface area contributed by atoms with E-state index in [9.17, 15) is 9.59 Å². The van der Waals surface area contributed by atoms with Gasteiger partial charge in [0.15, 0.2) is 0 Å². The Kier molecular flexibility index (Phi) is 3.84. The van der Waals surface area contributed by atoms with Crippen LogP contribution in [0.25, 0.3) is 0 Å². The number of amides is 2. The van der Waals surface area contributed by atoms with E-state index in [0.29, 0.717) is 13.0 Å². The summed E-state index contributed by atoms with van der Waals surface area (Å²) in [6.45, 7) is 8.02. The Morgan fingerprint density at radius 2 is 2.05 bits per heavy atom. The highest BCUT2D eigenvalue weighted by atomic mass is 16.2. The van der Waals surface area contributed by atoms with Crippen molar-refractivity contribution in [1.82, 2.24) is 10.2 Å². The third kappa shape index (κ3) is 3.00. The van der Waals surface area contributed by atoms with E-state index in [2.05, 4.69) is 11.4 Å². The Labute approximate surface area is 120 Å². The maximum Gasteiger partial charge on any atom is 0.248 e. The third-order valence-corrected chi connectivity index (χ3v) is 3.70. The van der Waals surface area contributed by atoms with Crippen LogP contribution in [0.5, 0.6) is 0 Å². The van der Waals surface area contributed by atoms with E-state index in [1.807, 2.05) is 32.0 Å². The Bertz CT molecular complexity index is 537. The van der Waals surface area contributed by atoms with Crippen molar-refractivity contribution >= 4 is 11.8 Å². The molecule has 1 saturated heterocycles. The molecule has 1 aliphatic rings. The van der Waals surface area contributed by atoms with Gasteiger partial charge in [0.1, 0.15) is 5.54 Å². The highest BCUT2D eigenvalue weighted by Gasteiger charge is 2.39. The van der Waals surface area contributed by atoms with E-state index < -0.39 is 5.54 Å². The number of carbonyl (C=O) groups is 2. The summed E-state index contributed by atoms with van der Waals surface area (Å²) in [7, 11) is 0. The first-order chi connectivity index (χ1) is 9.29. The van der Waals surface area contributed by atoms with Crippen LogP contribution in [0, 0.1) is 6.92 Å². The summed E-state index contributed by atoms with van der Waals surface area (Å²) in [5.74, 6) is -0.0973. The van der Waals surface area contributed by atoms with E-state index in [-0.39, 0.29) is 17.9 Å². The molecule has 1 fully saturated rings. The molecule has 1 N–H and O–H groups in total. The molecule has 1 heterocycles. The minimum Gasteiger partial charge on any atom is -0.342 e. The van der Waals surface area contributed by atoms with Crippen LogP contribution in [0.3, 0.4) is 0 Å². The molecule has 1 atom stereocenters. The summed E-state index contributed by atoms with van der Waals surface area (Å²) in [5.41, 5.74) is 1.42. The van der Waals surface area contributed by atoms with Crippen LogP contribution >= 0.6 is 0 Å². The molecule has 1 aromatic carbocycles. The molecule has 1 unspecified atom stereocenters. The summed E-state index contributed by atoms with van der Waals surface area (Å²) >= 11 is 0. The number of nitrogens with one attached hydrogen (secondary N) is 1. The Morgan fingerprint density at radius 1 is 1.35 bits per heavy atom. The van der Waals surface area contributed by atoms with Gasteiger partial charge in [-0.1, -0.05) is 29.8 Å². The molecule has 4 heteroatoms. The van der Waals surface area contributed by atoms with Gasteiger partial charge in [-0.3, -0.25) is 9.59 Å². The molecular formula is C16H22N2O2. The first-order valence-electron chi connectivity index (χ1n) is 6.97. The van der Waals surface area contributed by atoms with E-state index >= 15 is 0 Å². The molecule has 0 bridgehead atoms. The maximum atomic E-state index is 12.6. The molecule has 0 aromatic heterocycles. The first kappa shape index (κ1) is 14.6. The molecule has 108 valence electrons. The average Bonchev–Trinajstić information content (AvgIpc) is 2.39. The third-order valence-electron chi connectivity index (χ3n) is 3.70. The van der Waals surface area contributed by atoms with Crippen molar-refractivity contribution < 1.29 is 9.59 Å². The Balaban J connectivity index is 2.28. The molecular weight excluding hydrogens is 252 g/mol. The number of benzene rings is 1. The Hall–Kier alpha value is -1.84. The van der Waals surface area contributed by atoms with Gasteiger partial charge in [-0.05, 0) is 33.3 Å². The zero-order chi connectivity index (χ0) is 14.9. The average molecular weight is 274 g/mol. The van der Waals surface area contributed by atoms with Gasteiger partial charge in [0.05, 0.1) is 0 Å². The second-order valence-corrected chi connectivity index (χ2v) is 6.15. The van der Waals surface area contributed by atoms with E-state index in [1.54, 1.807) is 18.7 Å². The fraction of sp³-hybridized carbons (Fsp3) is 0.500. The second-order valence-electron chi connectivity index (χ2n) is 6.15. The minimum absolute atomic E-state index is 0.0302. The summed E-state index contributed by atoms with van der Waals surface area (Å²) in [4.78, 5) is 26.2. The molecule has 2 amide bonds. The highest BCUT2D eigenvalue weighted by molar-refractivity contribution is 5.93. The molecule has 4 nitrogen and oxygen atoms in total. The maximum absolute atomic E-state index is 12.6. The van der Waals surface area contributed by atoms with Gasteiger partial charge in [-0.2, -0.15) is 0 Å². The number of nitrogens with zero attached hydrogens (tertiary/aromatic N) is 1. The Morgan fingerprint density at radius 3 is 2.70 bits per heavy atom. The largest absolute Gasteiger partial charge is 0.342 e. The van der Waals surface area contributed by atoms with Crippen LogP contribution in [0.1, 0.15) is 38.3 Å². The fourth-order valence-corrected chi connectivity index (χ4v) is 2.63. The fourth-order valence-electron chi connectivity index (χ4n) is 2.63. The summed E-state index contributed by atoms with van der Waals surface area (Å²) in [6, 6.07) is 8.02. The predicted molar refractivity (Wildman–Crippen MR) is 78.0 cm³/mol. The molecule has 0 radical (unpaired) electrons. The van der Waals surface area contributed by atoms with Gasteiger partial charge in [0.25, 0.3) is 0 Å². The van der Waals surface area contributed by atoms with Crippen molar-refractivity contribution in [3.63, 3.8) is 0 Å². The smallest absolute Gasteiger partial charge is 0.248 e. The zero-order valence-corrected chi connectivity index (χ0v) is 12.6. The van der Waals surface area contributed by atoms with Crippen LogP contribution in [-0.4, -0.2) is 28.3 Å². The van der Waals surface area contributed by atoms with Crippen LogP contribution in [-0.2, 0) is 16.1 Å². The molecule has 1 aromatic rings. The molecule has 0 saturated carbocycles. The topological polar surface area (TPSA) is 49.4 Å². The number of carbonyl (C=O) groups excluding carboxylic acids is 2. The van der Waals surface area contributed by atoms with Crippen LogP contribution in [0.2, 0.25) is 0 Å². The van der Waals surface area contributed by atoms with Crippen molar-refractivity contribution in [2.75, 3.05) is 0 Å². The van der Waals surface area contributed by atoms with Crippen molar-refractivity contribution in [2.45, 2.75) is 52.2 Å². The van der Waals surface area contributed by atoms with Gasteiger partial charge >= 0.3 is 0 Å². The van der Waals surface area contributed by atoms with Crippen LogP contribution < -0.4 is 5.32 Å². The summed E-state index contributed by atoms with van der Waals surface area (Å²) < 4.78 is 0. The number of rotatable bonds is 2. The minimum atomic E-state index is -0.842. The zero-order valence-electron chi connectivity index (χ0n) is 12.6. The van der Waals surface area contributed by atoms with Crippen LogP contribution in [0.15, 0.2) is 24.3 Å². The number of hydrogen-bond acceptors (Lipinski definition) is 2. The van der Waals surface area contributed by atoms with Crippen molar-refractivity contribution in [2.24, 2.45) is 0 Å². The van der Waals surface area contributed by atoms with E-state index in [0.717, 1.165) is 5.56 Å². The number of hydrogen-bond donors (Lipinski definition) is 1. The van der Waals surface area contributed by atoms with Gasteiger partial charge in [0, 0.05) is 19.0 Å². The van der Waals surface area contributed by atoms with Gasteiger partial charge in [-0.25, -0.2) is 0 Å². The summed E-state index contributed by atoms with van der Waals surface area (Å²) in [6.07, 6.45) is 0.348. The first-order valence-corrected chi connectivity index (χ1v) is 6.97. The van der Waals surface area contributed by atoms with Crippen molar-refractivity contribution in [1.29, 1.82) is 0 Å². The monoisotopic (exact) mass is 274 g/mol. The molecule has 20 heavy (non-hydrogen) atoms. The quantitative estimate of drug-likeness (QED) is 0.897. The molecule has 0 spiro atoms. The molecule has 1 aliphatic heterocycles. The lowest BCUT2D eigenvalue weighted by Gasteiger charge is -2.32. The van der Waals surface area contributed by atoms with Crippen molar-refractivity contribution in [3.8, 4) is 0 Å². The van der Waals surface area contributed by atoms with Gasteiger partial charge < -0.3 is 10.2 Å². The molecule has 2 rings (SSSR count). The highest BCUT2D eigenvalue weighted by Crippen LogP contribution is 2.21. The van der Waals surface area contributed by atoms with Crippen molar-refractivity contribution in [3.05, 3.63) is 35.4 Å². The molecule has 0 aliphatic carbocycles. The summed E-state index contributed by atoms with van der Waals surface area (Å²) in [5, 5.41) is 2.80. The SMILES string of the molecule is Cc1cccc(CN2C(=O)C(C)(C)NC(=O)CC2C)c1.